The van der Waals surface area contributed by atoms with E-state index >= 15 is 0 Å². The summed E-state index contributed by atoms with van der Waals surface area (Å²) in [5, 5.41) is 3.49. The second-order valence-corrected chi connectivity index (χ2v) is 5.79. The first-order chi connectivity index (χ1) is 9.02. The maximum atomic E-state index is 12.4. The Balaban J connectivity index is 2.23. The standard InChI is InChI=1S/C16H24N2O/c1-5-18-15(13-8-6-7-12(4)10-13)17-14(16(18)19)9-11(2)3/h6-8,10-11,14-15,17H,5,9H2,1-4H3. The van der Waals surface area contributed by atoms with Crippen LogP contribution in [-0.4, -0.2) is 23.4 Å². The minimum atomic E-state index is -0.0366. The Bertz CT molecular complexity index is 456. The third-order valence-corrected chi connectivity index (χ3v) is 3.66. The van der Waals surface area contributed by atoms with Crippen molar-refractivity contribution in [3.8, 4) is 0 Å². The number of carbonyl (C=O) groups is 1. The molecule has 104 valence electrons. The molecule has 0 radical (unpaired) electrons. The van der Waals surface area contributed by atoms with Gasteiger partial charge in [-0.15, -0.1) is 0 Å². The molecule has 0 aromatic heterocycles. The van der Waals surface area contributed by atoms with Crippen molar-refractivity contribution in [1.29, 1.82) is 0 Å². The molecule has 2 atom stereocenters. The van der Waals surface area contributed by atoms with Crippen LogP contribution in [0.1, 0.15) is 44.5 Å². The number of aryl methyl sites for hydroxylation is 1. The second kappa shape index (κ2) is 5.74. The van der Waals surface area contributed by atoms with Gasteiger partial charge in [-0.05, 0) is 31.7 Å². The topological polar surface area (TPSA) is 32.3 Å². The summed E-state index contributed by atoms with van der Waals surface area (Å²) in [4.78, 5) is 14.4. The average Bonchev–Trinajstić information content (AvgIpc) is 2.65. The van der Waals surface area contributed by atoms with Crippen molar-refractivity contribution >= 4 is 5.91 Å². The number of hydrogen-bond acceptors (Lipinski definition) is 2. The molecular formula is C16H24N2O. The fourth-order valence-electron chi connectivity index (χ4n) is 2.77. The largest absolute Gasteiger partial charge is 0.322 e. The maximum Gasteiger partial charge on any atom is 0.241 e. The SMILES string of the molecule is CCN1C(=O)C(CC(C)C)NC1c1cccc(C)c1. The first-order valence-corrected chi connectivity index (χ1v) is 7.16. The first kappa shape index (κ1) is 14.1. The fourth-order valence-corrected chi connectivity index (χ4v) is 2.77. The zero-order valence-electron chi connectivity index (χ0n) is 12.3. The van der Waals surface area contributed by atoms with Gasteiger partial charge in [-0.25, -0.2) is 0 Å². The van der Waals surface area contributed by atoms with E-state index in [9.17, 15) is 4.79 Å². The Morgan fingerprint density at radius 1 is 1.37 bits per heavy atom. The Kier molecular flexibility index (Phi) is 4.25. The number of hydrogen-bond donors (Lipinski definition) is 1. The smallest absolute Gasteiger partial charge is 0.241 e. The van der Waals surface area contributed by atoms with Gasteiger partial charge >= 0.3 is 0 Å². The molecule has 1 aromatic rings. The Morgan fingerprint density at radius 2 is 2.11 bits per heavy atom. The molecule has 1 aliphatic heterocycles. The predicted molar refractivity (Wildman–Crippen MR) is 77.7 cm³/mol. The highest BCUT2D eigenvalue weighted by Gasteiger charge is 2.38. The summed E-state index contributed by atoms with van der Waals surface area (Å²) in [7, 11) is 0. The zero-order chi connectivity index (χ0) is 14.0. The van der Waals surface area contributed by atoms with Crippen LogP contribution in [0.3, 0.4) is 0 Å². The number of nitrogens with one attached hydrogen (secondary N) is 1. The van der Waals surface area contributed by atoms with E-state index in [0.717, 1.165) is 13.0 Å². The lowest BCUT2D eigenvalue weighted by Crippen LogP contribution is -2.31. The van der Waals surface area contributed by atoms with E-state index in [1.54, 1.807) is 0 Å². The van der Waals surface area contributed by atoms with E-state index in [-0.39, 0.29) is 18.1 Å². The van der Waals surface area contributed by atoms with Crippen LogP contribution in [0.25, 0.3) is 0 Å². The molecule has 3 nitrogen and oxygen atoms in total. The normalized spacial score (nSPS) is 23.4. The Labute approximate surface area is 116 Å². The van der Waals surface area contributed by atoms with Gasteiger partial charge in [-0.3, -0.25) is 10.1 Å². The second-order valence-electron chi connectivity index (χ2n) is 5.79. The molecule has 2 unspecified atom stereocenters. The van der Waals surface area contributed by atoms with Crippen molar-refractivity contribution in [3.05, 3.63) is 35.4 Å². The summed E-state index contributed by atoms with van der Waals surface area (Å²) in [5.74, 6) is 0.763. The molecule has 1 amide bonds. The Hall–Kier alpha value is -1.35. The van der Waals surface area contributed by atoms with Crippen molar-refractivity contribution in [3.63, 3.8) is 0 Å². The lowest BCUT2D eigenvalue weighted by Gasteiger charge is -2.23. The first-order valence-electron chi connectivity index (χ1n) is 7.16. The van der Waals surface area contributed by atoms with Gasteiger partial charge in [0.2, 0.25) is 5.91 Å². The summed E-state index contributed by atoms with van der Waals surface area (Å²) < 4.78 is 0. The molecule has 0 aliphatic carbocycles. The lowest BCUT2D eigenvalue weighted by molar-refractivity contribution is -0.130. The molecule has 0 bridgehead atoms. The van der Waals surface area contributed by atoms with Crippen LogP contribution < -0.4 is 5.32 Å². The van der Waals surface area contributed by atoms with Gasteiger partial charge in [0.25, 0.3) is 0 Å². The van der Waals surface area contributed by atoms with Crippen LogP contribution in [-0.2, 0) is 4.79 Å². The highest BCUT2D eigenvalue weighted by atomic mass is 16.2. The molecule has 2 rings (SSSR count). The van der Waals surface area contributed by atoms with Gasteiger partial charge in [0.1, 0.15) is 6.17 Å². The molecule has 3 heteroatoms. The van der Waals surface area contributed by atoms with Gasteiger partial charge in [-0.2, -0.15) is 0 Å². The quantitative estimate of drug-likeness (QED) is 0.903. The number of carbonyl (C=O) groups excluding carboxylic acids is 1. The van der Waals surface area contributed by atoms with Gasteiger partial charge in [0.15, 0.2) is 0 Å². The molecule has 0 spiro atoms. The van der Waals surface area contributed by atoms with Crippen molar-refractivity contribution in [1.82, 2.24) is 10.2 Å². The maximum absolute atomic E-state index is 12.4. The van der Waals surface area contributed by atoms with Crippen LogP contribution in [0, 0.1) is 12.8 Å². The molecule has 1 aliphatic rings. The van der Waals surface area contributed by atoms with E-state index < -0.39 is 0 Å². The third kappa shape index (κ3) is 2.98. The molecule has 1 saturated heterocycles. The van der Waals surface area contributed by atoms with E-state index in [1.807, 2.05) is 11.8 Å². The molecule has 1 N–H and O–H groups in total. The fraction of sp³-hybridized carbons (Fsp3) is 0.562. The van der Waals surface area contributed by atoms with E-state index in [2.05, 4.69) is 50.4 Å². The number of rotatable bonds is 4. The van der Waals surface area contributed by atoms with Gasteiger partial charge in [-0.1, -0.05) is 43.7 Å². The number of benzene rings is 1. The van der Waals surface area contributed by atoms with Gasteiger partial charge < -0.3 is 4.90 Å². The van der Waals surface area contributed by atoms with Crippen molar-refractivity contribution in [2.24, 2.45) is 5.92 Å². The summed E-state index contributed by atoms with van der Waals surface area (Å²) in [6.45, 7) is 9.19. The van der Waals surface area contributed by atoms with Crippen LogP contribution >= 0.6 is 0 Å². The van der Waals surface area contributed by atoms with Crippen molar-refractivity contribution < 1.29 is 4.79 Å². The monoisotopic (exact) mass is 260 g/mol. The van der Waals surface area contributed by atoms with Crippen LogP contribution in [0.5, 0.6) is 0 Å². The lowest BCUT2D eigenvalue weighted by atomic mass is 10.0. The molecule has 1 fully saturated rings. The van der Waals surface area contributed by atoms with E-state index in [4.69, 9.17) is 0 Å². The number of amides is 1. The van der Waals surface area contributed by atoms with Crippen LogP contribution in [0.4, 0.5) is 0 Å². The number of nitrogens with zero attached hydrogens (tertiary/aromatic N) is 1. The van der Waals surface area contributed by atoms with Crippen LogP contribution in [0.2, 0.25) is 0 Å². The van der Waals surface area contributed by atoms with Gasteiger partial charge in [0, 0.05) is 6.54 Å². The summed E-state index contributed by atoms with van der Waals surface area (Å²) in [6.07, 6.45) is 0.929. The molecule has 1 heterocycles. The molecule has 0 saturated carbocycles. The van der Waals surface area contributed by atoms with E-state index in [0.29, 0.717) is 5.92 Å². The summed E-state index contributed by atoms with van der Waals surface area (Å²) >= 11 is 0. The number of likely N-dealkylation sites (N-methyl/N-ethyl adjacent to an activating group) is 1. The van der Waals surface area contributed by atoms with Gasteiger partial charge in [0.05, 0.1) is 6.04 Å². The van der Waals surface area contributed by atoms with Crippen molar-refractivity contribution in [2.45, 2.75) is 46.3 Å². The highest BCUT2D eigenvalue weighted by molar-refractivity contribution is 5.84. The minimum absolute atomic E-state index is 0.0288. The predicted octanol–water partition coefficient (Wildman–Crippen LogP) is 2.86. The highest BCUT2D eigenvalue weighted by Crippen LogP contribution is 2.27. The molecular weight excluding hydrogens is 236 g/mol. The molecule has 1 aromatic carbocycles. The molecule has 19 heavy (non-hydrogen) atoms. The van der Waals surface area contributed by atoms with Crippen molar-refractivity contribution in [2.75, 3.05) is 6.54 Å². The summed E-state index contributed by atoms with van der Waals surface area (Å²) in [5.41, 5.74) is 2.41. The Morgan fingerprint density at radius 3 is 2.68 bits per heavy atom. The minimum Gasteiger partial charge on any atom is -0.322 e. The van der Waals surface area contributed by atoms with Crippen LogP contribution in [0.15, 0.2) is 24.3 Å². The summed E-state index contributed by atoms with van der Waals surface area (Å²) in [6, 6.07) is 8.36. The van der Waals surface area contributed by atoms with E-state index in [1.165, 1.54) is 11.1 Å². The third-order valence-electron chi connectivity index (χ3n) is 3.66. The average molecular weight is 260 g/mol. The zero-order valence-corrected chi connectivity index (χ0v) is 12.3.